The lowest BCUT2D eigenvalue weighted by molar-refractivity contribution is -0.0504. The second-order valence-corrected chi connectivity index (χ2v) is 3.84. The first-order valence-corrected chi connectivity index (χ1v) is 5.64. The van der Waals surface area contributed by atoms with Gasteiger partial charge >= 0.3 is 12.6 Å². The molecule has 18 heavy (non-hydrogen) atoms. The molecule has 0 spiro atoms. The molecule has 0 bridgehead atoms. The first kappa shape index (κ1) is 14.4. The summed E-state index contributed by atoms with van der Waals surface area (Å²) in [5.41, 5.74) is -0.0107. The van der Waals surface area contributed by atoms with Gasteiger partial charge in [0.25, 0.3) is 0 Å². The molecule has 0 heterocycles. The minimum Gasteiger partial charge on any atom is -0.462 e. The van der Waals surface area contributed by atoms with Crippen molar-refractivity contribution >= 4 is 21.9 Å². The van der Waals surface area contributed by atoms with Crippen LogP contribution in [-0.2, 0) is 4.74 Å². The number of esters is 1. The number of hydrogen-bond acceptors (Lipinski definition) is 4. The number of hydrogen-bond donors (Lipinski definition) is 0. The average Bonchev–Trinajstić information content (AvgIpc) is 2.31. The van der Waals surface area contributed by atoms with E-state index in [4.69, 9.17) is 10.00 Å². The number of rotatable bonds is 4. The molecule has 0 aliphatic heterocycles. The van der Waals surface area contributed by atoms with E-state index in [0.717, 1.165) is 6.07 Å². The van der Waals surface area contributed by atoms with E-state index in [1.54, 1.807) is 13.0 Å². The van der Waals surface area contributed by atoms with Crippen molar-refractivity contribution in [3.05, 3.63) is 27.7 Å². The van der Waals surface area contributed by atoms with Crippen molar-refractivity contribution < 1.29 is 23.0 Å². The lowest BCUT2D eigenvalue weighted by Crippen LogP contribution is -2.09. The van der Waals surface area contributed by atoms with Gasteiger partial charge in [0.15, 0.2) is 0 Å². The first-order chi connectivity index (χ1) is 8.49. The maximum atomic E-state index is 12.2. The van der Waals surface area contributed by atoms with Crippen molar-refractivity contribution in [1.82, 2.24) is 0 Å². The van der Waals surface area contributed by atoms with Crippen LogP contribution in [0.2, 0.25) is 0 Å². The Hall–Kier alpha value is -1.68. The second-order valence-electron chi connectivity index (χ2n) is 3.05. The molecule has 0 saturated carbocycles. The molecule has 0 radical (unpaired) electrons. The van der Waals surface area contributed by atoms with E-state index in [0.29, 0.717) is 0 Å². The van der Waals surface area contributed by atoms with Gasteiger partial charge in [-0.3, -0.25) is 0 Å². The molecule has 0 fully saturated rings. The first-order valence-electron chi connectivity index (χ1n) is 4.85. The molecular formula is C11H8BrF2NO3. The molecule has 0 N–H and O–H groups in total. The molecule has 0 saturated heterocycles. The van der Waals surface area contributed by atoms with Crippen LogP contribution < -0.4 is 4.74 Å². The fourth-order valence-corrected chi connectivity index (χ4v) is 1.69. The van der Waals surface area contributed by atoms with Crippen molar-refractivity contribution in [3.8, 4) is 11.8 Å². The molecule has 7 heteroatoms. The molecule has 4 nitrogen and oxygen atoms in total. The second kappa shape index (κ2) is 6.31. The van der Waals surface area contributed by atoms with Crippen LogP contribution in [0.25, 0.3) is 0 Å². The summed E-state index contributed by atoms with van der Waals surface area (Å²) >= 11 is 2.98. The van der Waals surface area contributed by atoms with Crippen molar-refractivity contribution in [3.63, 3.8) is 0 Å². The van der Waals surface area contributed by atoms with E-state index in [2.05, 4.69) is 20.7 Å². The smallest absolute Gasteiger partial charge is 0.387 e. The summed E-state index contributed by atoms with van der Waals surface area (Å²) < 4.78 is 33.3. The molecule has 0 aromatic heterocycles. The van der Waals surface area contributed by atoms with Gasteiger partial charge in [0.2, 0.25) is 0 Å². The van der Waals surface area contributed by atoms with Gasteiger partial charge in [-0.15, -0.1) is 0 Å². The summed E-state index contributed by atoms with van der Waals surface area (Å²) in [6.45, 7) is -1.31. The number of benzene rings is 1. The van der Waals surface area contributed by atoms with E-state index >= 15 is 0 Å². The molecule has 0 amide bonds. The van der Waals surface area contributed by atoms with Crippen LogP contribution in [0.15, 0.2) is 16.6 Å². The lowest BCUT2D eigenvalue weighted by Gasteiger charge is -2.11. The Bertz CT molecular complexity index is 500. The van der Waals surface area contributed by atoms with Crippen LogP contribution in [0, 0.1) is 11.3 Å². The molecular weight excluding hydrogens is 312 g/mol. The highest BCUT2D eigenvalue weighted by Gasteiger charge is 2.19. The van der Waals surface area contributed by atoms with E-state index in [1.165, 1.54) is 6.07 Å². The van der Waals surface area contributed by atoms with Gasteiger partial charge in [-0.2, -0.15) is 14.0 Å². The van der Waals surface area contributed by atoms with Crippen molar-refractivity contribution in [2.75, 3.05) is 6.61 Å². The summed E-state index contributed by atoms with van der Waals surface area (Å²) in [4.78, 5) is 11.6. The van der Waals surface area contributed by atoms with Crippen molar-refractivity contribution in [2.24, 2.45) is 0 Å². The van der Waals surface area contributed by atoms with Crippen LogP contribution in [0.4, 0.5) is 8.78 Å². The summed E-state index contributed by atoms with van der Waals surface area (Å²) in [6.07, 6.45) is 0. The Kier molecular flexibility index (Phi) is 5.04. The number of halogens is 3. The number of nitriles is 1. The highest BCUT2D eigenvalue weighted by molar-refractivity contribution is 9.10. The minimum atomic E-state index is -3.05. The number of carbonyl (C=O) groups excluding carboxylic acids is 1. The number of alkyl halides is 2. The van der Waals surface area contributed by atoms with E-state index in [9.17, 15) is 13.6 Å². The third kappa shape index (κ3) is 3.40. The topological polar surface area (TPSA) is 59.3 Å². The molecule has 0 aliphatic rings. The molecule has 96 valence electrons. The summed E-state index contributed by atoms with van der Waals surface area (Å²) in [7, 11) is 0. The van der Waals surface area contributed by atoms with Gasteiger partial charge < -0.3 is 9.47 Å². The minimum absolute atomic E-state index is 0.0249. The molecule has 1 aromatic carbocycles. The normalized spacial score (nSPS) is 10.0. The quantitative estimate of drug-likeness (QED) is 0.800. The Balaban J connectivity index is 3.25. The van der Waals surface area contributed by atoms with Crippen LogP contribution in [-0.4, -0.2) is 19.2 Å². The standard InChI is InChI=1S/C11H8BrF2NO3/c1-2-17-10(16)7-3-6(5-15)4-8(9(7)12)18-11(13)14/h3-4,11H,2H2,1H3. The largest absolute Gasteiger partial charge is 0.462 e. The molecule has 0 aliphatic carbocycles. The van der Waals surface area contributed by atoms with Crippen LogP contribution >= 0.6 is 15.9 Å². The van der Waals surface area contributed by atoms with Gasteiger partial charge in [0, 0.05) is 0 Å². The van der Waals surface area contributed by atoms with E-state index in [1.807, 2.05) is 0 Å². The molecule has 1 rings (SSSR count). The van der Waals surface area contributed by atoms with Crippen LogP contribution in [0.5, 0.6) is 5.75 Å². The fourth-order valence-electron chi connectivity index (χ4n) is 1.20. The van der Waals surface area contributed by atoms with Gasteiger partial charge in [-0.05, 0) is 35.0 Å². The molecule has 0 atom stereocenters. The van der Waals surface area contributed by atoms with Gasteiger partial charge in [-0.25, -0.2) is 4.79 Å². The van der Waals surface area contributed by atoms with E-state index < -0.39 is 12.6 Å². The summed E-state index contributed by atoms with van der Waals surface area (Å²) in [5.74, 6) is -1.01. The maximum Gasteiger partial charge on any atom is 0.387 e. The summed E-state index contributed by atoms with van der Waals surface area (Å²) in [5, 5.41) is 8.76. The predicted octanol–water partition coefficient (Wildman–Crippen LogP) is 3.10. The Morgan fingerprint density at radius 1 is 1.56 bits per heavy atom. The zero-order valence-electron chi connectivity index (χ0n) is 9.25. The van der Waals surface area contributed by atoms with Crippen molar-refractivity contribution in [1.29, 1.82) is 5.26 Å². The van der Waals surface area contributed by atoms with Gasteiger partial charge in [-0.1, -0.05) is 0 Å². The molecule has 1 aromatic rings. The van der Waals surface area contributed by atoms with E-state index in [-0.39, 0.29) is 28.0 Å². The Morgan fingerprint density at radius 2 is 2.22 bits per heavy atom. The monoisotopic (exact) mass is 319 g/mol. The SMILES string of the molecule is CCOC(=O)c1cc(C#N)cc(OC(F)F)c1Br. The Morgan fingerprint density at radius 3 is 2.72 bits per heavy atom. The zero-order chi connectivity index (χ0) is 13.7. The highest BCUT2D eigenvalue weighted by Crippen LogP contribution is 2.32. The number of nitrogens with zero attached hydrogens (tertiary/aromatic N) is 1. The lowest BCUT2D eigenvalue weighted by atomic mass is 10.1. The summed E-state index contributed by atoms with van der Waals surface area (Å²) in [6, 6.07) is 4.10. The third-order valence-corrected chi connectivity index (χ3v) is 2.70. The molecule has 0 unspecified atom stereocenters. The zero-order valence-corrected chi connectivity index (χ0v) is 10.8. The van der Waals surface area contributed by atoms with Gasteiger partial charge in [0.05, 0.1) is 28.3 Å². The maximum absolute atomic E-state index is 12.2. The fraction of sp³-hybridized carbons (Fsp3) is 0.273. The van der Waals surface area contributed by atoms with Crippen molar-refractivity contribution in [2.45, 2.75) is 13.5 Å². The Labute approximate surface area is 110 Å². The van der Waals surface area contributed by atoms with Gasteiger partial charge in [0.1, 0.15) is 5.75 Å². The van der Waals surface area contributed by atoms with Crippen LogP contribution in [0.1, 0.15) is 22.8 Å². The number of ether oxygens (including phenoxy) is 2. The third-order valence-electron chi connectivity index (χ3n) is 1.88. The van der Waals surface area contributed by atoms with Crippen LogP contribution in [0.3, 0.4) is 0 Å². The predicted molar refractivity (Wildman–Crippen MR) is 61.4 cm³/mol. The average molecular weight is 320 g/mol. The highest BCUT2D eigenvalue weighted by atomic mass is 79.9. The number of carbonyl (C=O) groups is 1.